The molecule has 4 heteroatoms. The van der Waals surface area contributed by atoms with Gasteiger partial charge in [-0.1, -0.05) is 0 Å². The number of hydrogen-bond acceptors (Lipinski definition) is 4. The fourth-order valence-electron chi connectivity index (χ4n) is 1.66. The van der Waals surface area contributed by atoms with E-state index in [9.17, 15) is 0 Å². The van der Waals surface area contributed by atoms with Crippen LogP contribution in [0.2, 0.25) is 0 Å². The maximum atomic E-state index is 5.56. The topological polar surface area (TPSA) is 31.4 Å². The van der Waals surface area contributed by atoms with Crippen LogP contribution in [0, 0.1) is 0 Å². The van der Waals surface area contributed by atoms with E-state index in [1.165, 1.54) is 17.8 Å². The van der Waals surface area contributed by atoms with Gasteiger partial charge in [-0.05, 0) is 12.8 Å². The van der Waals surface area contributed by atoms with Gasteiger partial charge in [-0.15, -0.1) is 11.3 Å². The normalized spacial score (nSPS) is 21.6. The number of ether oxygens (including phenoxy) is 2. The van der Waals surface area contributed by atoms with Gasteiger partial charge in [0.1, 0.15) is 0 Å². The van der Waals surface area contributed by atoms with E-state index in [0.29, 0.717) is 12.7 Å². The molecule has 1 unspecified atom stereocenters. The second-order valence-corrected chi connectivity index (χ2v) is 4.45. The molecule has 1 saturated heterocycles. The molecule has 78 valence electrons. The number of hydrogen-bond donors (Lipinski definition) is 0. The first-order valence-electron chi connectivity index (χ1n) is 4.92. The molecule has 0 bridgehead atoms. The van der Waals surface area contributed by atoms with Crippen LogP contribution < -0.4 is 0 Å². The predicted molar refractivity (Wildman–Crippen MR) is 55.5 cm³/mol. The second-order valence-electron chi connectivity index (χ2n) is 3.50. The van der Waals surface area contributed by atoms with E-state index in [2.05, 4.69) is 10.4 Å². The zero-order valence-corrected chi connectivity index (χ0v) is 9.18. The summed E-state index contributed by atoms with van der Waals surface area (Å²) in [5.74, 6) is 0. The molecule has 0 amide bonds. The van der Waals surface area contributed by atoms with Crippen molar-refractivity contribution in [1.82, 2.24) is 4.98 Å². The summed E-state index contributed by atoms with van der Waals surface area (Å²) in [5.41, 5.74) is 1.03. The Morgan fingerprint density at radius 3 is 3.36 bits per heavy atom. The van der Waals surface area contributed by atoms with Crippen LogP contribution in [0.15, 0.2) is 5.38 Å². The van der Waals surface area contributed by atoms with Crippen molar-refractivity contribution in [2.24, 2.45) is 0 Å². The van der Waals surface area contributed by atoms with Gasteiger partial charge in [0.2, 0.25) is 0 Å². The SMILES string of the molecule is COCc1csc(CC2CCCO2)n1. The van der Waals surface area contributed by atoms with E-state index in [1.807, 2.05) is 0 Å². The molecule has 14 heavy (non-hydrogen) atoms. The second kappa shape index (κ2) is 4.87. The van der Waals surface area contributed by atoms with Gasteiger partial charge in [-0.25, -0.2) is 4.98 Å². The van der Waals surface area contributed by atoms with Crippen molar-refractivity contribution in [3.05, 3.63) is 16.1 Å². The summed E-state index contributed by atoms with van der Waals surface area (Å²) in [6.07, 6.45) is 3.74. The van der Waals surface area contributed by atoms with Gasteiger partial charge < -0.3 is 9.47 Å². The zero-order chi connectivity index (χ0) is 9.80. The molecule has 1 atom stereocenters. The molecule has 1 aromatic heterocycles. The van der Waals surface area contributed by atoms with E-state index in [-0.39, 0.29) is 0 Å². The van der Waals surface area contributed by atoms with E-state index in [0.717, 1.165) is 18.7 Å². The molecule has 1 aromatic rings. The Labute approximate surface area is 88.1 Å². The lowest BCUT2D eigenvalue weighted by Gasteiger charge is -2.05. The fourth-order valence-corrected chi connectivity index (χ4v) is 2.50. The van der Waals surface area contributed by atoms with Crippen molar-refractivity contribution in [2.75, 3.05) is 13.7 Å². The van der Waals surface area contributed by atoms with Crippen molar-refractivity contribution < 1.29 is 9.47 Å². The first kappa shape index (κ1) is 10.1. The molecule has 0 spiro atoms. The summed E-state index contributed by atoms with van der Waals surface area (Å²) in [7, 11) is 1.69. The van der Waals surface area contributed by atoms with Crippen LogP contribution in [0.4, 0.5) is 0 Å². The maximum absolute atomic E-state index is 5.56. The molecular formula is C10H15NO2S. The van der Waals surface area contributed by atoms with Crippen LogP contribution >= 0.6 is 11.3 Å². The quantitative estimate of drug-likeness (QED) is 0.766. The summed E-state index contributed by atoms with van der Waals surface area (Å²) >= 11 is 1.71. The van der Waals surface area contributed by atoms with Gasteiger partial charge in [-0.3, -0.25) is 0 Å². The molecule has 0 N–H and O–H groups in total. The Morgan fingerprint density at radius 2 is 2.64 bits per heavy atom. The van der Waals surface area contributed by atoms with Crippen LogP contribution in [0.5, 0.6) is 0 Å². The Morgan fingerprint density at radius 1 is 1.71 bits per heavy atom. The van der Waals surface area contributed by atoms with E-state index >= 15 is 0 Å². The molecule has 2 rings (SSSR count). The highest BCUT2D eigenvalue weighted by Crippen LogP contribution is 2.19. The standard InChI is InChI=1S/C10H15NO2S/c1-12-6-8-7-14-10(11-8)5-9-3-2-4-13-9/h7,9H,2-6H2,1H3. The van der Waals surface area contributed by atoms with Gasteiger partial charge in [0.15, 0.2) is 0 Å². The summed E-state index contributed by atoms with van der Waals surface area (Å²) in [5, 5.41) is 3.23. The number of rotatable bonds is 4. The van der Waals surface area contributed by atoms with Gasteiger partial charge in [0, 0.05) is 25.5 Å². The third-order valence-corrected chi connectivity index (χ3v) is 3.24. The molecule has 0 aliphatic carbocycles. The van der Waals surface area contributed by atoms with Gasteiger partial charge in [0.05, 0.1) is 23.4 Å². The van der Waals surface area contributed by atoms with Crippen molar-refractivity contribution >= 4 is 11.3 Å². The first-order valence-corrected chi connectivity index (χ1v) is 5.80. The number of aromatic nitrogens is 1. The molecule has 1 aliphatic rings. The summed E-state index contributed by atoms with van der Waals surface area (Å²) in [6.45, 7) is 1.53. The molecular weight excluding hydrogens is 198 g/mol. The van der Waals surface area contributed by atoms with Gasteiger partial charge >= 0.3 is 0 Å². The molecule has 2 heterocycles. The third-order valence-electron chi connectivity index (χ3n) is 2.32. The van der Waals surface area contributed by atoms with Crippen LogP contribution in [-0.4, -0.2) is 24.8 Å². The first-order chi connectivity index (χ1) is 6.88. The minimum absolute atomic E-state index is 0.400. The molecule has 1 fully saturated rings. The molecule has 3 nitrogen and oxygen atoms in total. The number of methoxy groups -OCH3 is 1. The largest absolute Gasteiger partial charge is 0.378 e. The lowest BCUT2D eigenvalue weighted by atomic mass is 10.2. The Balaban J connectivity index is 1.88. The zero-order valence-electron chi connectivity index (χ0n) is 8.36. The highest BCUT2D eigenvalue weighted by molar-refractivity contribution is 7.09. The minimum Gasteiger partial charge on any atom is -0.378 e. The Hall–Kier alpha value is -0.450. The number of thiazole rings is 1. The Kier molecular flexibility index (Phi) is 3.50. The van der Waals surface area contributed by atoms with Crippen molar-refractivity contribution in [1.29, 1.82) is 0 Å². The summed E-state index contributed by atoms with van der Waals surface area (Å²) in [4.78, 5) is 4.48. The molecule has 0 radical (unpaired) electrons. The van der Waals surface area contributed by atoms with E-state index in [4.69, 9.17) is 9.47 Å². The molecule has 1 aliphatic heterocycles. The Bertz CT molecular complexity index is 281. The van der Waals surface area contributed by atoms with Crippen LogP contribution in [-0.2, 0) is 22.5 Å². The fraction of sp³-hybridized carbons (Fsp3) is 0.700. The van der Waals surface area contributed by atoms with E-state index < -0.39 is 0 Å². The molecule has 0 aromatic carbocycles. The van der Waals surface area contributed by atoms with Crippen molar-refractivity contribution in [3.63, 3.8) is 0 Å². The van der Waals surface area contributed by atoms with E-state index in [1.54, 1.807) is 18.4 Å². The van der Waals surface area contributed by atoms with Crippen molar-refractivity contribution in [3.8, 4) is 0 Å². The van der Waals surface area contributed by atoms with Crippen LogP contribution in [0.3, 0.4) is 0 Å². The van der Waals surface area contributed by atoms with Gasteiger partial charge in [-0.2, -0.15) is 0 Å². The van der Waals surface area contributed by atoms with Crippen LogP contribution in [0.1, 0.15) is 23.5 Å². The van der Waals surface area contributed by atoms with Crippen LogP contribution in [0.25, 0.3) is 0 Å². The highest BCUT2D eigenvalue weighted by Gasteiger charge is 2.17. The third kappa shape index (κ3) is 2.53. The molecule has 0 saturated carbocycles. The minimum atomic E-state index is 0.400. The van der Waals surface area contributed by atoms with Gasteiger partial charge in [0.25, 0.3) is 0 Å². The summed E-state index contributed by atoms with van der Waals surface area (Å²) in [6, 6.07) is 0. The highest BCUT2D eigenvalue weighted by atomic mass is 32.1. The smallest absolute Gasteiger partial charge is 0.0955 e. The van der Waals surface area contributed by atoms with Crippen molar-refractivity contribution in [2.45, 2.75) is 32.0 Å². The lowest BCUT2D eigenvalue weighted by molar-refractivity contribution is 0.111. The number of nitrogens with zero attached hydrogens (tertiary/aromatic N) is 1. The average Bonchev–Trinajstić information content (AvgIpc) is 2.79. The summed E-state index contributed by atoms with van der Waals surface area (Å²) < 4.78 is 10.6. The monoisotopic (exact) mass is 213 g/mol. The average molecular weight is 213 g/mol. The lowest BCUT2D eigenvalue weighted by Crippen LogP contribution is -2.08. The maximum Gasteiger partial charge on any atom is 0.0955 e. The predicted octanol–water partition coefficient (Wildman–Crippen LogP) is 2.01.